The Morgan fingerprint density at radius 3 is 2.73 bits per heavy atom. The van der Waals surface area contributed by atoms with E-state index in [1.54, 1.807) is 12.3 Å². The fraction of sp³-hybridized carbons (Fsp3) is 0.389. The molecule has 0 fully saturated rings. The Morgan fingerprint density at radius 2 is 1.95 bits per heavy atom. The second-order valence-corrected chi connectivity index (χ2v) is 5.09. The Balaban J connectivity index is 1.99. The van der Waals surface area contributed by atoms with E-state index in [4.69, 9.17) is 0 Å². The van der Waals surface area contributed by atoms with Crippen molar-refractivity contribution in [2.45, 2.75) is 45.6 Å². The third-order valence-corrected chi connectivity index (χ3v) is 3.30. The van der Waals surface area contributed by atoms with Gasteiger partial charge in [0.2, 0.25) is 0 Å². The lowest BCUT2D eigenvalue weighted by Gasteiger charge is -2.03. The van der Waals surface area contributed by atoms with Crippen LogP contribution < -0.4 is 5.56 Å². The lowest BCUT2D eigenvalue weighted by Crippen LogP contribution is -2.21. The molecule has 0 bridgehead atoms. The van der Waals surface area contributed by atoms with E-state index in [9.17, 15) is 4.79 Å². The van der Waals surface area contributed by atoms with Gasteiger partial charge in [-0.2, -0.15) is 5.10 Å². The van der Waals surface area contributed by atoms with Gasteiger partial charge in [-0.05, 0) is 24.6 Å². The molecule has 0 spiro atoms. The summed E-state index contributed by atoms with van der Waals surface area (Å²) in [5.74, 6) is 6.14. The number of hydrogen-bond donors (Lipinski definition) is 0. The molecule has 22 heavy (non-hydrogen) atoms. The maximum Gasteiger partial charge on any atom is 0.267 e. The standard InChI is InChI=1S/C18H21N3O/c1-2-3-4-5-6-7-10-15-21-18(22)13-12-17(20-21)16-11-8-9-14-19-16/h8-9,11-14H,2-6,15H2,1H3. The third kappa shape index (κ3) is 4.85. The zero-order chi connectivity index (χ0) is 15.6. The van der Waals surface area contributed by atoms with Gasteiger partial charge in [0.05, 0.1) is 5.69 Å². The summed E-state index contributed by atoms with van der Waals surface area (Å²) in [6.07, 6.45) is 7.43. The van der Waals surface area contributed by atoms with Gasteiger partial charge in [-0.15, -0.1) is 5.92 Å². The van der Waals surface area contributed by atoms with Crippen molar-refractivity contribution in [1.29, 1.82) is 0 Å². The highest BCUT2D eigenvalue weighted by molar-refractivity contribution is 5.52. The van der Waals surface area contributed by atoms with Crippen molar-refractivity contribution >= 4 is 0 Å². The molecule has 2 heterocycles. The highest BCUT2D eigenvalue weighted by Crippen LogP contribution is 2.10. The van der Waals surface area contributed by atoms with Crippen LogP contribution in [0.25, 0.3) is 11.4 Å². The van der Waals surface area contributed by atoms with Crippen LogP contribution in [0, 0.1) is 11.8 Å². The number of hydrogen-bond acceptors (Lipinski definition) is 3. The maximum absolute atomic E-state index is 11.8. The summed E-state index contributed by atoms with van der Waals surface area (Å²) in [4.78, 5) is 16.1. The SMILES string of the molecule is CCCCCCC#CCn1nc(-c2ccccn2)ccc1=O. The van der Waals surface area contributed by atoms with Crippen LogP contribution in [0.2, 0.25) is 0 Å². The third-order valence-electron chi connectivity index (χ3n) is 3.30. The topological polar surface area (TPSA) is 47.8 Å². The monoisotopic (exact) mass is 295 g/mol. The zero-order valence-electron chi connectivity index (χ0n) is 13.0. The molecule has 0 aliphatic heterocycles. The van der Waals surface area contributed by atoms with E-state index in [1.807, 2.05) is 18.2 Å². The molecule has 0 atom stereocenters. The van der Waals surface area contributed by atoms with Crippen LogP contribution in [0.3, 0.4) is 0 Å². The van der Waals surface area contributed by atoms with Gasteiger partial charge in [0.25, 0.3) is 5.56 Å². The molecule has 0 saturated carbocycles. The first-order valence-corrected chi connectivity index (χ1v) is 7.76. The van der Waals surface area contributed by atoms with Crippen LogP contribution in [0.4, 0.5) is 0 Å². The summed E-state index contributed by atoms with van der Waals surface area (Å²) in [6.45, 7) is 2.52. The molecule has 0 aromatic carbocycles. The first-order valence-electron chi connectivity index (χ1n) is 7.76. The second-order valence-electron chi connectivity index (χ2n) is 5.09. The van der Waals surface area contributed by atoms with E-state index >= 15 is 0 Å². The lowest BCUT2D eigenvalue weighted by atomic mass is 10.2. The minimum absolute atomic E-state index is 0.139. The predicted octanol–water partition coefficient (Wildman–Crippen LogP) is 3.28. The number of rotatable bonds is 6. The van der Waals surface area contributed by atoms with Gasteiger partial charge in [0, 0.05) is 18.7 Å². The molecule has 0 amide bonds. The van der Waals surface area contributed by atoms with Crippen LogP contribution in [0.5, 0.6) is 0 Å². The fourth-order valence-electron chi connectivity index (χ4n) is 2.07. The van der Waals surface area contributed by atoms with Crippen molar-refractivity contribution in [2.75, 3.05) is 0 Å². The molecular weight excluding hydrogens is 274 g/mol. The molecule has 4 nitrogen and oxygen atoms in total. The molecule has 0 N–H and O–H groups in total. The van der Waals surface area contributed by atoms with Crippen LogP contribution in [-0.4, -0.2) is 14.8 Å². The molecule has 4 heteroatoms. The number of unbranched alkanes of at least 4 members (excludes halogenated alkanes) is 4. The van der Waals surface area contributed by atoms with E-state index < -0.39 is 0 Å². The summed E-state index contributed by atoms with van der Waals surface area (Å²) in [5, 5.41) is 4.33. The number of nitrogens with zero attached hydrogens (tertiary/aromatic N) is 3. The van der Waals surface area contributed by atoms with Gasteiger partial charge in [0.15, 0.2) is 0 Å². The van der Waals surface area contributed by atoms with Crippen LogP contribution in [0.1, 0.15) is 39.0 Å². The summed E-state index contributed by atoms with van der Waals surface area (Å²) in [7, 11) is 0. The van der Waals surface area contributed by atoms with Gasteiger partial charge in [-0.1, -0.05) is 38.2 Å². The molecule has 2 aromatic rings. The van der Waals surface area contributed by atoms with Crippen LogP contribution in [0.15, 0.2) is 41.3 Å². The summed E-state index contributed by atoms with van der Waals surface area (Å²) < 4.78 is 1.39. The van der Waals surface area contributed by atoms with Crippen molar-refractivity contribution < 1.29 is 0 Å². The summed E-state index contributed by atoms with van der Waals surface area (Å²) in [6, 6.07) is 8.83. The first kappa shape index (κ1) is 16.0. The first-order chi connectivity index (χ1) is 10.8. The maximum atomic E-state index is 11.8. The Bertz CT molecular complexity index is 696. The van der Waals surface area contributed by atoms with Crippen molar-refractivity contribution in [3.8, 4) is 23.2 Å². The van der Waals surface area contributed by atoms with Gasteiger partial charge in [0.1, 0.15) is 12.2 Å². The Labute approximate surface area is 131 Å². The van der Waals surface area contributed by atoms with E-state index in [0.717, 1.165) is 18.5 Å². The van der Waals surface area contributed by atoms with Gasteiger partial charge in [-0.25, -0.2) is 4.68 Å². The largest absolute Gasteiger partial charge is 0.268 e. The second kappa shape index (κ2) is 8.78. The smallest absolute Gasteiger partial charge is 0.267 e. The molecule has 0 aliphatic carbocycles. The highest BCUT2D eigenvalue weighted by Gasteiger charge is 2.02. The van der Waals surface area contributed by atoms with Gasteiger partial charge in [-0.3, -0.25) is 9.78 Å². The predicted molar refractivity (Wildman–Crippen MR) is 88.3 cm³/mol. The minimum atomic E-state index is -0.139. The molecule has 114 valence electrons. The van der Waals surface area contributed by atoms with Crippen LogP contribution in [-0.2, 0) is 6.54 Å². The zero-order valence-corrected chi connectivity index (χ0v) is 13.0. The Hall–Kier alpha value is -2.41. The Morgan fingerprint density at radius 1 is 1.05 bits per heavy atom. The normalized spacial score (nSPS) is 10.0. The molecule has 0 aliphatic rings. The van der Waals surface area contributed by atoms with E-state index in [0.29, 0.717) is 12.2 Å². The van der Waals surface area contributed by atoms with Crippen LogP contribution >= 0.6 is 0 Å². The number of pyridine rings is 1. The van der Waals surface area contributed by atoms with E-state index in [-0.39, 0.29) is 5.56 Å². The van der Waals surface area contributed by atoms with Crippen molar-refractivity contribution in [1.82, 2.24) is 14.8 Å². The molecule has 2 aromatic heterocycles. The average Bonchev–Trinajstić information content (AvgIpc) is 2.56. The van der Waals surface area contributed by atoms with E-state index in [2.05, 4.69) is 28.8 Å². The molecule has 0 unspecified atom stereocenters. The lowest BCUT2D eigenvalue weighted by molar-refractivity contribution is 0.662. The minimum Gasteiger partial charge on any atom is -0.268 e. The number of aromatic nitrogens is 3. The van der Waals surface area contributed by atoms with Crippen molar-refractivity contribution in [3.05, 3.63) is 46.9 Å². The molecule has 0 radical (unpaired) electrons. The molecular formula is C18H21N3O. The van der Waals surface area contributed by atoms with Gasteiger partial charge >= 0.3 is 0 Å². The van der Waals surface area contributed by atoms with E-state index in [1.165, 1.54) is 30.0 Å². The van der Waals surface area contributed by atoms with Crippen molar-refractivity contribution in [2.24, 2.45) is 0 Å². The highest BCUT2D eigenvalue weighted by atomic mass is 16.1. The fourth-order valence-corrected chi connectivity index (χ4v) is 2.07. The van der Waals surface area contributed by atoms with Gasteiger partial charge < -0.3 is 0 Å². The Kier molecular flexibility index (Phi) is 6.38. The molecule has 2 rings (SSSR count). The molecule has 0 saturated heterocycles. The summed E-state index contributed by atoms with van der Waals surface area (Å²) in [5.41, 5.74) is 1.30. The van der Waals surface area contributed by atoms with Crippen molar-refractivity contribution in [3.63, 3.8) is 0 Å². The average molecular weight is 295 g/mol. The summed E-state index contributed by atoms with van der Waals surface area (Å²) >= 11 is 0. The quantitative estimate of drug-likeness (QED) is 0.607.